The summed E-state index contributed by atoms with van der Waals surface area (Å²) in [5, 5.41) is 20.4. The van der Waals surface area contributed by atoms with E-state index in [1.807, 2.05) is 0 Å². The highest BCUT2D eigenvalue weighted by atomic mass is 19.1. The van der Waals surface area contributed by atoms with E-state index in [1.165, 1.54) is 24.3 Å². The van der Waals surface area contributed by atoms with Gasteiger partial charge in [-0.15, -0.1) is 0 Å². The van der Waals surface area contributed by atoms with Crippen LogP contribution >= 0.6 is 0 Å². The van der Waals surface area contributed by atoms with Gasteiger partial charge in [-0.1, -0.05) is 44.2 Å². The number of nitrogens with one attached hydrogen (secondary N) is 1. The molecule has 0 fully saturated rings. The van der Waals surface area contributed by atoms with Gasteiger partial charge in [-0.3, -0.25) is 10.1 Å². The number of phenols is 1. The lowest BCUT2D eigenvalue weighted by atomic mass is 9.82. The van der Waals surface area contributed by atoms with Crippen molar-refractivity contribution in [2.45, 2.75) is 20.0 Å². The van der Waals surface area contributed by atoms with Crippen molar-refractivity contribution in [3.63, 3.8) is 0 Å². The topological polar surface area (TPSA) is 113 Å². The van der Waals surface area contributed by atoms with Crippen molar-refractivity contribution in [2.75, 3.05) is 0 Å². The third-order valence-electron chi connectivity index (χ3n) is 4.08. The Morgan fingerprint density at radius 1 is 1.14 bits per heavy atom. The fraction of sp³-hybridized carbons (Fsp3) is 0.190. The number of hydrogen-bond acceptors (Lipinski definition) is 5. The normalized spacial score (nSPS) is 12.4. The van der Waals surface area contributed by atoms with E-state index in [1.54, 1.807) is 32.0 Å². The third kappa shape index (κ3) is 5.90. The number of carbonyl (C=O) groups excluding carboxylic acids is 2. The number of hydrogen-bond donors (Lipinski definition) is 3. The molecule has 0 spiro atoms. The lowest BCUT2D eigenvalue weighted by Crippen LogP contribution is -2.35. The molecule has 29 heavy (non-hydrogen) atoms. The maximum atomic E-state index is 13.8. The van der Waals surface area contributed by atoms with E-state index >= 15 is 0 Å². The van der Waals surface area contributed by atoms with E-state index in [0.717, 1.165) is 18.2 Å². The Morgan fingerprint density at radius 2 is 1.79 bits per heavy atom. The average Bonchev–Trinajstić information content (AvgIpc) is 2.67. The van der Waals surface area contributed by atoms with Gasteiger partial charge in [-0.25, -0.2) is 14.0 Å². The number of carboxylic acids is 1. The van der Waals surface area contributed by atoms with Gasteiger partial charge in [0.15, 0.2) is 11.6 Å². The number of carbonyl (C=O) groups is 3. The molecule has 0 saturated carbocycles. The van der Waals surface area contributed by atoms with Crippen molar-refractivity contribution in [1.82, 2.24) is 5.32 Å². The van der Waals surface area contributed by atoms with Crippen molar-refractivity contribution >= 4 is 18.0 Å². The molecule has 0 aliphatic carbocycles. The Hall–Kier alpha value is -3.68. The minimum atomic E-state index is -1.21. The highest BCUT2D eigenvalue weighted by Crippen LogP contribution is 2.39. The molecule has 0 unspecified atom stereocenters. The van der Waals surface area contributed by atoms with Gasteiger partial charge in [0.2, 0.25) is 0 Å². The summed E-state index contributed by atoms with van der Waals surface area (Å²) in [4.78, 5) is 35.3. The molecule has 0 saturated heterocycles. The summed E-state index contributed by atoms with van der Waals surface area (Å²) in [6, 6.07) is 11.4. The summed E-state index contributed by atoms with van der Waals surface area (Å²) in [6.45, 7) is 3.16. The van der Waals surface area contributed by atoms with Crippen LogP contribution in [-0.4, -0.2) is 28.2 Å². The number of benzene rings is 2. The summed E-state index contributed by atoms with van der Waals surface area (Å²) in [5.41, 5.74) is -0.682. The van der Waals surface area contributed by atoms with Gasteiger partial charge >= 0.3 is 12.1 Å². The molecule has 1 atom stereocenters. The van der Waals surface area contributed by atoms with E-state index in [9.17, 15) is 23.9 Å². The van der Waals surface area contributed by atoms with Crippen LogP contribution in [0, 0.1) is 11.2 Å². The quantitative estimate of drug-likeness (QED) is 0.635. The second-order valence-corrected chi connectivity index (χ2v) is 6.81. The molecule has 2 amide bonds. The first-order valence-corrected chi connectivity index (χ1v) is 8.58. The lowest BCUT2D eigenvalue weighted by molar-refractivity contribution is -0.131. The van der Waals surface area contributed by atoms with Crippen LogP contribution in [0.25, 0.3) is 0 Å². The maximum absolute atomic E-state index is 13.8. The minimum Gasteiger partial charge on any atom is -0.505 e. The summed E-state index contributed by atoms with van der Waals surface area (Å²) < 4.78 is 19.2. The van der Waals surface area contributed by atoms with Crippen LogP contribution in [0.15, 0.2) is 60.7 Å². The number of amides is 2. The zero-order valence-electron chi connectivity index (χ0n) is 15.8. The fourth-order valence-electron chi connectivity index (χ4n) is 2.60. The van der Waals surface area contributed by atoms with Gasteiger partial charge in [0.1, 0.15) is 6.10 Å². The largest absolute Gasteiger partial charge is 0.505 e. The molecule has 0 heterocycles. The number of aromatic hydroxyl groups is 1. The highest BCUT2D eigenvalue weighted by Gasteiger charge is 2.33. The molecule has 152 valence electrons. The van der Waals surface area contributed by atoms with Gasteiger partial charge in [-0.2, -0.15) is 0 Å². The number of alkyl carbamates (subject to hydrolysis) is 1. The molecule has 7 nitrogen and oxygen atoms in total. The van der Waals surface area contributed by atoms with Crippen LogP contribution in [0.5, 0.6) is 5.75 Å². The average molecular weight is 401 g/mol. The first kappa shape index (κ1) is 21.6. The zero-order valence-corrected chi connectivity index (χ0v) is 15.8. The van der Waals surface area contributed by atoms with E-state index in [-0.39, 0.29) is 11.1 Å². The van der Waals surface area contributed by atoms with E-state index in [2.05, 4.69) is 5.32 Å². The Labute approximate surface area is 166 Å². The molecule has 2 rings (SSSR count). The molecule has 0 aliphatic heterocycles. The van der Waals surface area contributed by atoms with Crippen molar-refractivity contribution < 1.29 is 33.7 Å². The Morgan fingerprint density at radius 3 is 2.38 bits per heavy atom. The van der Waals surface area contributed by atoms with Crippen molar-refractivity contribution in [1.29, 1.82) is 0 Å². The predicted octanol–water partition coefficient (Wildman–Crippen LogP) is 3.81. The van der Waals surface area contributed by atoms with Crippen LogP contribution < -0.4 is 5.32 Å². The van der Waals surface area contributed by atoms with Gasteiger partial charge in [0, 0.05) is 17.1 Å². The highest BCUT2D eigenvalue weighted by molar-refractivity contribution is 6.02. The number of imide groups is 1. The molecule has 0 bridgehead atoms. The second-order valence-electron chi connectivity index (χ2n) is 6.81. The summed E-state index contributed by atoms with van der Waals surface area (Å²) in [6.07, 6.45) is -0.0806. The molecule has 2 aromatic rings. The lowest BCUT2D eigenvalue weighted by Gasteiger charge is -2.31. The Kier molecular flexibility index (Phi) is 6.71. The third-order valence-corrected chi connectivity index (χ3v) is 4.08. The molecule has 0 radical (unpaired) electrons. The Bertz CT molecular complexity index is 939. The van der Waals surface area contributed by atoms with E-state index in [0.29, 0.717) is 0 Å². The number of halogens is 1. The van der Waals surface area contributed by atoms with E-state index in [4.69, 9.17) is 9.84 Å². The van der Waals surface area contributed by atoms with Crippen LogP contribution in [0.1, 0.15) is 35.9 Å². The number of rotatable bonds is 6. The summed E-state index contributed by atoms with van der Waals surface area (Å²) in [5.74, 6) is -3.42. The number of phenolic OH excluding ortho intramolecular Hbond substituents is 1. The molecular formula is C21H20FNO6. The standard InChI is InChI=1S/C21H20FNO6/c1-21(2,11-10-17(25)26)18(14-8-9-16(24)15(22)12-14)29-20(28)23-19(27)13-6-4-3-5-7-13/h3-12,18,24H,1-2H3,(H,25,26)(H,23,27,28)/b11-10+/t18-/m0/s1. The van der Waals surface area contributed by atoms with Gasteiger partial charge in [0.05, 0.1) is 0 Å². The van der Waals surface area contributed by atoms with E-state index < -0.39 is 41.1 Å². The number of carboxylic acid groups (broad SMARTS) is 1. The van der Waals surface area contributed by atoms with Crippen LogP contribution in [0.4, 0.5) is 9.18 Å². The zero-order chi connectivity index (χ0) is 21.6. The monoisotopic (exact) mass is 401 g/mol. The Balaban J connectivity index is 2.29. The minimum absolute atomic E-state index is 0.169. The number of aliphatic carboxylic acids is 1. The van der Waals surface area contributed by atoms with Gasteiger partial charge in [0.25, 0.3) is 5.91 Å². The molecule has 0 aliphatic rings. The van der Waals surface area contributed by atoms with Crippen molar-refractivity contribution in [3.8, 4) is 5.75 Å². The number of ether oxygens (including phenoxy) is 1. The molecule has 0 aromatic heterocycles. The van der Waals surface area contributed by atoms with Crippen LogP contribution in [-0.2, 0) is 9.53 Å². The molecule has 8 heteroatoms. The van der Waals surface area contributed by atoms with Crippen molar-refractivity contribution in [3.05, 3.63) is 77.6 Å². The first-order valence-electron chi connectivity index (χ1n) is 8.58. The summed E-state index contributed by atoms with van der Waals surface area (Å²) in [7, 11) is 0. The predicted molar refractivity (Wildman–Crippen MR) is 102 cm³/mol. The fourth-order valence-corrected chi connectivity index (χ4v) is 2.60. The van der Waals surface area contributed by atoms with Crippen LogP contribution in [0.2, 0.25) is 0 Å². The smallest absolute Gasteiger partial charge is 0.414 e. The second kappa shape index (κ2) is 9.01. The first-order chi connectivity index (χ1) is 13.6. The SMILES string of the molecule is CC(C)(/C=C/C(=O)O)[C@@H](OC(=O)NC(=O)c1ccccc1)c1ccc(O)c(F)c1. The molecule has 2 aromatic carbocycles. The molecular weight excluding hydrogens is 381 g/mol. The van der Waals surface area contributed by atoms with Gasteiger partial charge < -0.3 is 14.9 Å². The van der Waals surface area contributed by atoms with Crippen molar-refractivity contribution in [2.24, 2.45) is 5.41 Å². The van der Waals surface area contributed by atoms with Crippen LogP contribution in [0.3, 0.4) is 0 Å². The summed E-state index contributed by atoms with van der Waals surface area (Å²) >= 11 is 0. The van der Waals surface area contributed by atoms with Gasteiger partial charge in [-0.05, 0) is 29.8 Å². The maximum Gasteiger partial charge on any atom is 0.414 e. The molecule has 3 N–H and O–H groups in total.